The molecular formula is C12H14F2N2O3. The highest BCUT2D eigenvalue weighted by Crippen LogP contribution is 2.09. The smallest absolute Gasteiger partial charge is 0.328 e. The van der Waals surface area contributed by atoms with Crippen molar-refractivity contribution in [2.45, 2.75) is 25.9 Å². The number of nitrogens with one attached hydrogen (secondary N) is 2. The van der Waals surface area contributed by atoms with Crippen molar-refractivity contribution in [3.8, 4) is 0 Å². The lowest BCUT2D eigenvalue weighted by Crippen LogP contribution is -2.53. The Balaban J connectivity index is 2.57. The fraction of sp³-hybridized carbons (Fsp3) is 0.333. The van der Waals surface area contributed by atoms with Gasteiger partial charge in [0.05, 0.1) is 0 Å². The van der Waals surface area contributed by atoms with E-state index in [9.17, 15) is 18.4 Å². The number of carboxylic acids is 1. The molecule has 0 saturated heterocycles. The molecule has 0 aliphatic heterocycles. The van der Waals surface area contributed by atoms with Crippen LogP contribution in [0.25, 0.3) is 0 Å². The Labute approximate surface area is 108 Å². The molecule has 104 valence electrons. The Morgan fingerprint density at radius 1 is 1.32 bits per heavy atom. The molecule has 1 rings (SSSR count). The van der Waals surface area contributed by atoms with Gasteiger partial charge in [-0.15, -0.1) is 0 Å². The zero-order chi connectivity index (χ0) is 14.6. The molecule has 3 N–H and O–H groups in total. The lowest BCUT2D eigenvalue weighted by Gasteiger charge is -2.21. The van der Waals surface area contributed by atoms with Gasteiger partial charge < -0.3 is 15.7 Å². The van der Waals surface area contributed by atoms with E-state index in [0.29, 0.717) is 6.07 Å². The summed E-state index contributed by atoms with van der Waals surface area (Å²) >= 11 is 0. The third-order valence-corrected chi connectivity index (χ3v) is 2.42. The van der Waals surface area contributed by atoms with Crippen LogP contribution in [-0.2, 0) is 11.3 Å². The fourth-order valence-electron chi connectivity index (χ4n) is 1.22. The number of carbonyl (C=O) groups is 2. The molecule has 5 nitrogen and oxygen atoms in total. The standard InChI is InChI=1S/C12H14F2N2O3/c1-12(2,10(17)18)16-11(19)15-6-7-3-4-8(13)5-9(7)14/h3-5H,6H2,1-2H3,(H,17,18)(H2,15,16,19). The van der Waals surface area contributed by atoms with E-state index in [1.165, 1.54) is 19.9 Å². The topological polar surface area (TPSA) is 78.4 Å². The van der Waals surface area contributed by atoms with Crippen molar-refractivity contribution >= 4 is 12.0 Å². The van der Waals surface area contributed by atoms with Gasteiger partial charge in [-0.1, -0.05) is 6.07 Å². The molecule has 0 fully saturated rings. The summed E-state index contributed by atoms with van der Waals surface area (Å²) in [5.41, 5.74) is -1.34. The van der Waals surface area contributed by atoms with Gasteiger partial charge in [0.15, 0.2) is 0 Å². The van der Waals surface area contributed by atoms with Crippen LogP contribution < -0.4 is 10.6 Å². The van der Waals surface area contributed by atoms with Gasteiger partial charge in [-0.05, 0) is 19.9 Å². The maximum absolute atomic E-state index is 13.3. The number of carbonyl (C=O) groups excluding carboxylic acids is 1. The minimum Gasteiger partial charge on any atom is -0.480 e. The molecule has 0 heterocycles. The van der Waals surface area contributed by atoms with Crippen LogP contribution >= 0.6 is 0 Å². The number of carboxylic acid groups (broad SMARTS) is 1. The molecule has 19 heavy (non-hydrogen) atoms. The summed E-state index contributed by atoms with van der Waals surface area (Å²) in [5.74, 6) is -2.69. The number of hydrogen-bond acceptors (Lipinski definition) is 2. The lowest BCUT2D eigenvalue weighted by molar-refractivity contribution is -0.142. The summed E-state index contributed by atoms with van der Waals surface area (Å²) in [6.45, 7) is 2.45. The Kier molecular flexibility index (Phi) is 4.42. The van der Waals surface area contributed by atoms with E-state index in [-0.39, 0.29) is 12.1 Å². The molecular weight excluding hydrogens is 258 g/mol. The molecule has 0 saturated carbocycles. The predicted octanol–water partition coefficient (Wildman–Crippen LogP) is 1.63. The van der Waals surface area contributed by atoms with Crippen LogP contribution in [0, 0.1) is 11.6 Å². The Morgan fingerprint density at radius 3 is 2.47 bits per heavy atom. The van der Waals surface area contributed by atoms with Gasteiger partial charge in [-0.2, -0.15) is 0 Å². The third-order valence-electron chi connectivity index (χ3n) is 2.42. The van der Waals surface area contributed by atoms with Gasteiger partial charge in [0.25, 0.3) is 0 Å². The number of hydrogen-bond donors (Lipinski definition) is 3. The first-order chi connectivity index (χ1) is 8.72. The zero-order valence-corrected chi connectivity index (χ0v) is 10.5. The molecule has 0 bridgehead atoms. The number of amides is 2. The minimum atomic E-state index is -1.44. The van der Waals surface area contributed by atoms with Crippen molar-refractivity contribution in [1.29, 1.82) is 0 Å². The van der Waals surface area contributed by atoms with Crippen LogP contribution in [0.4, 0.5) is 13.6 Å². The maximum atomic E-state index is 13.3. The molecule has 0 spiro atoms. The van der Waals surface area contributed by atoms with Crippen molar-refractivity contribution < 1.29 is 23.5 Å². The normalized spacial score (nSPS) is 10.9. The van der Waals surface area contributed by atoms with E-state index < -0.39 is 29.2 Å². The second-order valence-electron chi connectivity index (χ2n) is 4.47. The Morgan fingerprint density at radius 2 is 1.95 bits per heavy atom. The molecule has 7 heteroatoms. The van der Waals surface area contributed by atoms with Gasteiger partial charge >= 0.3 is 12.0 Å². The van der Waals surface area contributed by atoms with Gasteiger partial charge in [-0.3, -0.25) is 0 Å². The van der Waals surface area contributed by atoms with Crippen LogP contribution in [0.5, 0.6) is 0 Å². The molecule has 1 aromatic rings. The SMILES string of the molecule is CC(C)(NC(=O)NCc1ccc(F)cc1F)C(=O)O. The molecule has 0 aliphatic carbocycles. The average Bonchev–Trinajstić information content (AvgIpc) is 2.27. The first-order valence-electron chi connectivity index (χ1n) is 5.45. The second-order valence-corrected chi connectivity index (χ2v) is 4.47. The first kappa shape index (κ1) is 14.9. The number of urea groups is 1. The van der Waals surface area contributed by atoms with Gasteiger partial charge in [0.1, 0.15) is 17.2 Å². The summed E-state index contributed by atoms with van der Waals surface area (Å²) in [7, 11) is 0. The van der Waals surface area contributed by atoms with E-state index in [1.807, 2.05) is 0 Å². The molecule has 0 unspecified atom stereocenters. The van der Waals surface area contributed by atoms with Crippen LogP contribution in [-0.4, -0.2) is 22.6 Å². The van der Waals surface area contributed by atoms with E-state index in [0.717, 1.165) is 6.07 Å². The zero-order valence-electron chi connectivity index (χ0n) is 10.5. The van der Waals surface area contributed by atoms with Gasteiger partial charge in [-0.25, -0.2) is 18.4 Å². The predicted molar refractivity (Wildman–Crippen MR) is 63.4 cm³/mol. The molecule has 1 aromatic carbocycles. The number of rotatable bonds is 4. The molecule has 0 aliphatic rings. The molecule has 0 radical (unpaired) electrons. The quantitative estimate of drug-likeness (QED) is 0.779. The highest BCUT2D eigenvalue weighted by molar-refractivity contribution is 5.85. The Bertz CT molecular complexity index is 504. The highest BCUT2D eigenvalue weighted by atomic mass is 19.1. The second kappa shape index (κ2) is 5.64. The van der Waals surface area contributed by atoms with Crippen LogP contribution in [0.2, 0.25) is 0 Å². The van der Waals surface area contributed by atoms with Crippen LogP contribution in [0.15, 0.2) is 18.2 Å². The van der Waals surface area contributed by atoms with Crippen LogP contribution in [0.3, 0.4) is 0 Å². The summed E-state index contributed by atoms with van der Waals surface area (Å²) in [4.78, 5) is 22.2. The summed E-state index contributed by atoms with van der Waals surface area (Å²) in [5, 5.41) is 13.3. The van der Waals surface area contributed by atoms with E-state index in [1.54, 1.807) is 0 Å². The summed E-state index contributed by atoms with van der Waals surface area (Å²) < 4.78 is 25.9. The molecule has 0 aromatic heterocycles. The van der Waals surface area contributed by atoms with E-state index >= 15 is 0 Å². The fourth-order valence-corrected chi connectivity index (χ4v) is 1.22. The van der Waals surface area contributed by atoms with Crippen molar-refractivity contribution in [2.75, 3.05) is 0 Å². The average molecular weight is 272 g/mol. The number of aliphatic carboxylic acids is 1. The van der Waals surface area contributed by atoms with Gasteiger partial charge in [0.2, 0.25) is 0 Å². The van der Waals surface area contributed by atoms with Crippen molar-refractivity contribution in [2.24, 2.45) is 0 Å². The lowest BCUT2D eigenvalue weighted by atomic mass is 10.1. The maximum Gasteiger partial charge on any atom is 0.328 e. The van der Waals surface area contributed by atoms with Gasteiger partial charge in [0, 0.05) is 18.2 Å². The molecule has 2 amide bonds. The minimum absolute atomic E-state index is 0.102. The molecule has 0 atom stereocenters. The largest absolute Gasteiger partial charge is 0.480 e. The monoisotopic (exact) mass is 272 g/mol. The van der Waals surface area contributed by atoms with E-state index in [4.69, 9.17) is 5.11 Å². The highest BCUT2D eigenvalue weighted by Gasteiger charge is 2.28. The number of benzene rings is 1. The van der Waals surface area contributed by atoms with Crippen molar-refractivity contribution in [3.63, 3.8) is 0 Å². The Hall–Kier alpha value is -2.18. The van der Waals surface area contributed by atoms with Crippen molar-refractivity contribution in [3.05, 3.63) is 35.4 Å². The first-order valence-corrected chi connectivity index (χ1v) is 5.45. The van der Waals surface area contributed by atoms with E-state index in [2.05, 4.69) is 10.6 Å². The summed E-state index contributed by atoms with van der Waals surface area (Å²) in [6, 6.07) is 2.22. The van der Waals surface area contributed by atoms with Crippen LogP contribution in [0.1, 0.15) is 19.4 Å². The third kappa shape index (κ3) is 4.20. The van der Waals surface area contributed by atoms with Crippen molar-refractivity contribution in [1.82, 2.24) is 10.6 Å². The summed E-state index contributed by atoms with van der Waals surface area (Å²) in [6.07, 6.45) is 0. The number of halogens is 2.